The van der Waals surface area contributed by atoms with E-state index in [1.807, 2.05) is 72.8 Å². The summed E-state index contributed by atoms with van der Waals surface area (Å²) in [6.45, 7) is 0. The van der Waals surface area contributed by atoms with Gasteiger partial charge in [0.05, 0.1) is 12.3 Å². The number of hydrogen-bond acceptors (Lipinski definition) is 5. The van der Waals surface area contributed by atoms with E-state index < -0.39 is 48.3 Å². The molecule has 3 heterocycles. The largest absolute Gasteiger partial charge is 0.455 e. The smallest absolute Gasteiger partial charge is 0.164 e. The highest BCUT2D eigenvalue weighted by molar-refractivity contribution is 7.26. The van der Waals surface area contributed by atoms with Gasteiger partial charge in [-0.15, -0.1) is 11.3 Å². The summed E-state index contributed by atoms with van der Waals surface area (Å²) in [7, 11) is 0. The second-order valence-electron chi connectivity index (χ2n) is 11.3. The van der Waals surface area contributed by atoms with Gasteiger partial charge in [-0.2, -0.15) is 0 Å². The van der Waals surface area contributed by atoms with Crippen molar-refractivity contribution >= 4 is 64.2 Å². The van der Waals surface area contributed by atoms with E-state index >= 15 is 0 Å². The maximum atomic E-state index is 9.46. The lowest BCUT2D eigenvalue weighted by Crippen LogP contribution is -2.00. The summed E-state index contributed by atoms with van der Waals surface area (Å²) in [6, 6.07) is 27.4. The molecule has 7 aromatic carbocycles. The third-order valence-corrected chi connectivity index (χ3v) is 9.52. The molecule has 0 saturated heterocycles. The minimum atomic E-state index is -0.559. The number of rotatable bonds is 4. The van der Waals surface area contributed by atoms with Crippen LogP contribution in [0.25, 0.3) is 98.2 Å². The Kier molecular flexibility index (Phi) is 4.34. The first kappa shape index (κ1) is 19.5. The lowest BCUT2D eigenvalue weighted by atomic mass is 9.97. The average molecular weight is 641 g/mol. The number of furan rings is 1. The summed E-state index contributed by atoms with van der Waals surface area (Å²) in [5.74, 6) is 0.499. The van der Waals surface area contributed by atoms with E-state index in [-0.39, 0.29) is 61.8 Å². The standard InChI is InChI=1S/C43H25N3OS/c1-3-11-26(12-4-1)35-23-30(25-38-39(35)34-17-9-10-18-37(34)48-38)43-45-41(28-14-5-2-6-15-28)44-42(46-43)29-20-21-32-33-22-19-27-13-7-8-16-31(27)40(33)47-36(32)24-29/h1-25H/i7D,8D,13D,16D,19D,20D,21D,22D,24D. The third-order valence-electron chi connectivity index (χ3n) is 8.40. The van der Waals surface area contributed by atoms with Gasteiger partial charge in [-0.3, -0.25) is 0 Å². The van der Waals surface area contributed by atoms with Crippen molar-refractivity contribution < 1.29 is 16.8 Å². The van der Waals surface area contributed by atoms with Gasteiger partial charge in [-0.25, -0.2) is 15.0 Å². The molecule has 224 valence electrons. The molecule has 0 fully saturated rings. The molecule has 4 nitrogen and oxygen atoms in total. The van der Waals surface area contributed by atoms with Gasteiger partial charge in [-0.05, 0) is 52.8 Å². The van der Waals surface area contributed by atoms with Crippen LogP contribution in [0.3, 0.4) is 0 Å². The highest BCUT2D eigenvalue weighted by atomic mass is 32.1. The highest BCUT2D eigenvalue weighted by Crippen LogP contribution is 2.43. The second kappa shape index (κ2) is 10.7. The quantitative estimate of drug-likeness (QED) is 0.192. The molecule has 0 N–H and O–H groups in total. The lowest BCUT2D eigenvalue weighted by molar-refractivity contribution is 0.673. The zero-order valence-corrected chi connectivity index (χ0v) is 25.7. The normalized spacial score (nSPS) is 14.4. The maximum Gasteiger partial charge on any atom is 0.164 e. The van der Waals surface area contributed by atoms with Gasteiger partial charge < -0.3 is 4.42 Å². The zero-order valence-electron chi connectivity index (χ0n) is 33.9. The van der Waals surface area contributed by atoms with Gasteiger partial charge in [0.25, 0.3) is 0 Å². The van der Waals surface area contributed by atoms with Crippen molar-refractivity contribution in [2.24, 2.45) is 0 Å². The Bertz CT molecular complexity index is 3350. The first-order valence-electron chi connectivity index (χ1n) is 19.7. The molecule has 0 aliphatic heterocycles. The fourth-order valence-electron chi connectivity index (χ4n) is 6.18. The van der Waals surface area contributed by atoms with Crippen LogP contribution < -0.4 is 0 Å². The average Bonchev–Trinajstić information content (AvgIpc) is 3.83. The number of hydrogen-bond donors (Lipinski definition) is 0. The molecule has 3 aromatic heterocycles. The predicted molar refractivity (Wildman–Crippen MR) is 199 cm³/mol. The number of aromatic nitrogens is 3. The van der Waals surface area contributed by atoms with Crippen LogP contribution in [0.2, 0.25) is 0 Å². The number of fused-ring (bicyclic) bond motifs is 8. The summed E-state index contributed by atoms with van der Waals surface area (Å²) in [5.41, 5.74) is 2.82. The summed E-state index contributed by atoms with van der Waals surface area (Å²) in [4.78, 5) is 14.6. The molecule has 0 spiro atoms. The van der Waals surface area contributed by atoms with Crippen LogP contribution in [0.5, 0.6) is 0 Å². The fraction of sp³-hybridized carbons (Fsp3) is 0. The van der Waals surface area contributed by atoms with E-state index in [1.165, 1.54) is 0 Å². The Hall–Kier alpha value is -6.17. The number of thiophene rings is 1. The van der Waals surface area contributed by atoms with Gasteiger partial charge >= 0.3 is 0 Å². The van der Waals surface area contributed by atoms with Gasteiger partial charge in [0.2, 0.25) is 0 Å². The first-order valence-corrected chi connectivity index (χ1v) is 16.0. The molecule has 10 aromatic rings. The first-order chi connectivity index (χ1) is 27.5. The van der Waals surface area contributed by atoms with Gasteiger partial charge in [0.1, 0.15) is 11.2 Å². The van der Waals surface area contributed by atoms with Gasteiger partial charge in [0, 0.05) is 53.0 Å². The van der Waals surface area contributed by atoms with Crippen LogP contribution >= 0.6 is 11.3 Å². The van der Waals surface area contributed by atoms with Crippen LogP contribution in [-0.4, -0.2) is 15.0 Å². The Morgan fingerprint density at radius 1 is 0.521 bits per heavy atom. The van der Waals surface area contributed by atoms with E-state index in [2.05, 4.69) is 24.3 Å². The van der Waals surface area contributed by atoms with Crippen LogP contribution in [0.4, 0.5) is 0 Å². The van der Waals surface area contributed by atoms with E-state index in [9.17, 15) is 4.11 Å². The molecule has 0 saturated carbocycles. The minimum absolute atomic E-state index is 0.0542. The van der Waals surface area contributed by atoms with Crippen molar-refractivity contribution in [1.82, 2.24) is 15.0 Å². The number of benzene rings is 7. The van der Waals surface area contributed by atoms with Crippen molar-refractivity contribution in [3.8, 4) is 45.3 Å². The van der Waals surface area contributed by atoms with Gasteiger partial charge in [0.15, 0.2) is 17.5 Å². The fourth-order valence-corrected chi connectivity index (χ4v) is 7.35. The van der Waals surface area contributed by atoms with Crippen molar-refractivity contribution in [1.29, 1.82) is 0 Å². The minimum Gasteiger partial charge on any atom is -0.455 e. The summed E-state index contributed by atoms with van der Waals surface area (Å²) >= 11 is 1.65. The van der Waals surface area contributed by atoms with Crippen molar-refractivity contribution in [2.75, 3.05) is 0 Å². The topological polar surface area (TPSA) is 51.8 Å². The van der Waals surface area contributed by atoms with Gasteiger partial charge in [-0.1, -0.05) is 115 Å². The SMILES string of the molecule is [2H]c1c([2H])c([2H])c2c(c1[2H])c([2H])c([2H])c1c2oc2c([2H])c(-c3nc(-c4ccccc4)nc(-c4cc(-c5ccccc5)c5c(c4)sc4ccccc45)n3)c([2H])c([2H])c21. The molecule has 10 rings (SSSR count). The maximum absolute atomic E-state index is 9.46. The molecule has 5 heteroatoms. The second-order valence-corrected chi connectivity index (χ2v) is 12.4. The van der Waals surface area contributed by atoms with Crippen molar-refractivity contribution in [2.45, 2.75) is 0 Å². The van der Waals surface area contributed by atoms with E-state index in [0.717, 1.165) is 31.3 Å². The molecular formula is C43H25N3OS. The molecule has 48 heavy (non-hydrogen) atoms. The molecular weight excluding hydrogens is 607 g/mol. The lowest BCUT2D eigenvalue weighted by Gasteiger charge is -2.11. The van der Waals surface area contributed by atoms with Crippen LogP contribution in [-0.2, 0) is 0 Å². The van der Waals surface area contributed by atoms with Crippen molar-refractivity contribution in [3.63, 3.8) is 0 Å². The molecule has 0 aliphatic carbocycles. The molecule has 0 unspecified atom stereocenters. The summed E-state index contributed by atoms with van der Waals surface area (Å²) in [5, 5.41) is 1.71. The Morgan fingerprint density at radius 3 is 2.04 bits per heavy atom. The van der Waals surface area contributed by atoms with Crippen LogP contribution in [0.15, 0.2) is 156 Å². The van der Waals surface area contributed by atoms with E-state index in [4.69, 9.17) is 27.6 Å². The Labute approximate surface area is 292 Å². The molecule has 0 bridgehead atoms. The molecule has 0 radical (unpaired) electrons. The predicted octanol–water partition coefficient (Wildman–Crippen LogP) is 12.0. The highest BCUT2D eigenvalue weighted by Gasteiger charge is 2.18. The Balaban J connectivity index is 1.28. The van der Waals surface area contributed by atoms with E-state index in [0.29, 0.717) is 11.1 Å². The summed E-state index contributed by atoms with van der Waals surface area (Å²) in [6.07, 6.45) is 0. The van der Waals surface area contributed by atoms with E-state index in [1.54, 1.807) is 11.3 Å². The molecule has 0 atom stereocenters. The number of nitrogens with zero attached hydrogens (tertiary/aromatic N) is 3. The van der Waals surface area contributed by atoms with Crippen LogP contribution in [0.1, 0.15) is 12.3 Å². The molecule has 0 amide bonds. The molecule has 0 aliphatic rings. The summed E-state index contributed by atoms with van der Waals surface area (Å²) < 4.78 is 87.6. The Morgan fingerprint density at radius 2 is 1.21 bits per heavy atom. The van der Waals surface area contributed by atoms with Crippen LogP contribution in [0, 0.1) is 0 Å². The monoisotopic (exact) mass is 640 g/mol. The zero-order chi connectivity index (χ0) is 39.4. The third kappa shape index (κ3) is 4.33. The van der Waals surface area contributed by atoms with Crippen molar-refractivity contribution in [3.05, 3.63) is 151 Å².